The highest BCUT2D eigenvalue weighted by Crippen LogP contribution is 2.11. The number of rotatable bonds is 1. The molecule has 1 aromatic heterocycles. The second-order valence-corrected chi connectivity index (χ2v) is 2.27. The van der Waals surface area contributed by atoms with E-state index in [1.54, 1.807) is 0 Å². The molecular weight excluding hydrogens is 167 g/mol. The quantitative estimate of drug-likeness (QED) is 0.604. The highest BCUT2D eigenvalue weighted by molar-refractivity contribution is 6.29. The van der Waals surface area contributed by atoms with Crippen molar-refractivity contribution in [3.05, 3.63) is 28.8 Å². The molecule has 0 aliphatic rings. The van der Waals surface area contributed by atoms with E-state index in [0.29, 0.717) is 5.69 Å². The molecule has 0 amide bonds. The number of halogens is 2. The zero-order valence-corrected chi connectivity index (χ0v) is 6.27. The zero-order chi connectivity index (χ0) is 8.27. The van der Waals surface area contributed by atoms with Gasteiger partial charge >= 0.3 is 0 Å². The summed E-state index contributed by atoms with van der Waals surface area (Å²) >= 11 is 5.35. The molecule has 0 aliphatic heterocycles. The van der Waals surface area contributed by atoms with Gasteiger partial charge in [-0.3, -0.25) is 0 Å². The topological polar surface area (TPSA) is 36.7 Å². The van der Waals surface area contributed by atoms with Gasteiger partial charge in [0.05, 0.1) is 18.2 Å². The van der Waals surface area contributed by atoms with Gasteiger partial charge in [-0.15, -0.1) is 0 Å². The van der Waals surface area contributed by atoms with Crippen molar-refractivity contribution in [3.63, 3.8) is 0 Å². The molecule has 1 rings (SSSR count). The van der Waals surface area contributed by atoms with Crippen molar-refractivity contribution in [1.82, 2.24) is 4.98 Å². The van der Waals surface area contributed by atoms with Crippen molar-refractivity contribution in [1.29, 1.82) is 5.26 Å². The van der Waals surface area contributed by atoms with E-state index in [1.165, 1.54) is 12.1 Å². The van der Waals surface area contributed by atoms with Crippen LogP contribution in [0.5, 0.6) is 0 Å². The van der Waals surface area contributed by atoms with Gasteiger partial charge in [0, 0.05) is 0 Å². The van der Waals surface area contributed by atoms with E-state index >= 15 is 0 Å². The third-order valence-electron chi connectivity index (χ3n) is 1.12. The highest BCUT2D eigenvalue weighted by atomic mass is 35.5. The SMILES string of the molecule is N#CCc1ccc(F)c(Cl)n1. The molecule has 2 nitrogen and oxygen atoms in total. The smallest absolute Gasteiger partial charge is 0.165 e. The lowest BCUT2D eigenvalue weighted by molar-refractivity contribution is 0.620. The third-order valence-corrected chi connectivity index (χ3v) is 1.39. The van der Waals surface area contributed by atoms with Gasteiger partial charge < -0.3 is 0 Å². The van der Waals surface area contributed by atoms with Crippen molar-refractivity contribution < 1.29 is 4.39 Å². The Morgan fingerprint density at radius 2 is 2.36 bits per heavy atom. The fourth-order valence-corrected chi connectivity index (χ4v) is 0.806. The van der Waals surface area contributed by atoms with Gasteiger partial charge in [-0.1, -0.05) is 11.6 Å². The molecule has 0 radical (unpaired) electrons. The zero-order valence-electron chi connectivity index (χ0n) is 5.51. The highest BCUT2D eigenvalue weighted by Gasteiger charge is 2.00. The first-order valence-corrected chi connectivity index (χ1v) is 3.29. The number of nitriles is 1. The van der Waals surface area contributed by atoms with E-state index in [-0.39, 0.29) is 11.6 Å². The summed E-state index contributed by atoms with van der Waals surface area (Å²) in [6.45, 7) is 0. The summed E-state index contributed by atoms with van der Waals surface area (Å²) in [4.78, 5) is 3.63. The molecule has 0 fully saturated rings. The average molecular weight is 171 g/mol. The van der Waals surface area contributed by atoms with Gasteiger partial charge in [-0.25, -0.2) is 9.37 Å². The number of nitrogens with zero attached hydrogens (tertiary/aromatic N) is 2. The monoisotopic (exact) mass is 170 g/mol. The van der Waals surface area contributed by atoms with E-state index in [4.69, 9.17) is 16.9 Å². The minimum atomic E-state index is -0.562. The molecule has 1 aromatic rings. The van der Waals surface area contributed by atoms with Crippen LogP contribution in [0.15, 0.2) is 12.1 Å². The summed E-state index contributed by atoms with van der Waals surface area (Å²) in [5.41, 5.74) is 0.485. The minimum absolute atomic E-state index is 0.153. The van der Waals surface area contributed by atoms with Gasteiger partial charge in [-0.05, 0) is 12.1 Å². The summed E-state index contributed by atoms with van der Waals surface area (Å²) in [6.07, 6.45) is 0.153. The standard InChI is InChI=1S/C7H4ClFN2/c8-7-6(9)2-1-5(11-7)3-4-10/h1-2H,3H2. The lowest BCUT2D eigenvalue weighted by Gasteiger charge is -1.94. The van der Waals surface area contributed by atoms with Gasteiger partial charge in [-0.2, -0.15) is 5.26 Å². The minimum Gasteiger partial charge on any atom is -0.237 e. The number of aromatic nitrogens is 1. The maximum Gasteiger partial charge on any atom is 0.165 e. The first kappa shape index (κ1) is 7.96. The molecule has 0 spiro atoms. The van der Waals surface area contributed by atoms with Crippen LogP contribution in [0.4, 0.5) is 4.39 Å². The second-order valence-electron chi connectivity index (χ2n) is 1.91. The van der Waals surface area contributed by atoms with Crippen LogP contribution in [0.3, 0.4) is 0 Å². The summed E-state index contributed by atoms with van der Waals surface area (Å²) in [5, 5.41) is 8.07. The maximum absolute atomic E-state index is 12.5. The first-order valence-electron chi connectivity index (χ1n) is 2.92. The van der Waals surface area contributed by atoms with Crippen molar-refractivity contribution >= 4 is 11.6 Å². The first-order chi connectivity index (χ1) is 5.24. The maximum atomic E-state index is 12.5. The lowest BCUT2D eigenvalue weighted by atomic mass is 10.3. The second kappa shape index (κ2) is 3.31. The van der Waals surface area contributed by atoms with Crippen LogP contribution in [0.1, 0.15) is 5.69 Å². The van der Waals surface area contributed by atoms with Crippen molar-refractivity contribution in [2.45, 2.75) is 6.42 Å². The Kier molecular flexibility index (Phi) is 2.40. The van der Waals surface area contributed by atoms with Gasteiger partial charge in [0.1, 0.15) is 0 Å². The van der Waals surface area contributed by atoms with E-state index < -0.39 is 5.82 Å². The van der Waals surface area contributed by atoms with E-state index in [2.05, 4.69) is 4.98 Å². The molecule has 0 unspecified atom stereocenters. The van der Waals surface area contributed by atoms with Crippen LogP contribution in [-0.4, -0.2) is 4.98 Å². The summed E-state index contributed by atoms with van der Waals surface area (Å²) < 4.78 is 12.5. The van der Waals surface area contributed by atoms with Gasteiger partial charge in [0.25, 0.3) is 0 Å². The Bertz CT molecular complexity index is 306. The number of pyridine rings is 1. The number of hydrogen-bond donors (Lipinski definition) is 0. The predicted molar refractivity (Wildman–Crippen MR) is 38.5 cm³/mol. The van der Waals surface area contributed by atoms with Gasteiger partial charge in [0.15, 0.2) is 11.0 Å². The van der Waals surface area contributed by atoms with E-state index in [0.717, 1.165) is 0 Å². The predicted octanol–water partition coefficient (Wildman–Crippen LogP) is 1.94. The summed E-state index contributed by atoms with van der Waals surface area (Å²) in [7, 11) is 0. The van der Waals surface area contributed by atoms with Crippen LogP contribution in [0.2, 0.25) is 5.15 Å². The lowest BCUT2D eigenvalue weighted by Crippen LogP contribution is -1.89. The fraction of sp³-hybridized carbons (Fsp3) is 0.143. The molecule has 0 N–H and O–H groups in total. The Morgan fingerprint density at radius 1 is 1.64 bits per heavy atom. The van der Waals surface area contributed by atoms with E-state index in [1.807, 2.05) is 6.07 Å². The fourth-order valence-electron chi connectivity index (χ4n) is 0.634. The molecule has 0 saturated heterocycles. The summed E-state index contributed by atoms with van der Waals surface area (Å²) in [5.74, 6) is -0.562. The molecule has 56 valence electrons. The van der Waals surface area contributed by atoms with Crippen molar-refractivity contribution in [2.24, 2.45) is 0 Å². The summed E-state index contributed by atoms with van der Waals surface area (Å²) in [6, 6.07) is 4.52. The molecule has 4 heteroatoms. The Balaban J connectivity index is 2.98. The molecule has 1 heterocycles. The van der Waals surface area contributed by atoms with Crippen LogP contribution >= 0.6 is 11.6 Å². The van der Waals surface area contributed by atoms with Crippen LogP contribution in [-0.2, 0) is 6.42 Å². The average Bonchev–Trinajstić information content (AvgIpc) is 1.98. The van der Waals surface area contributed by atoms with E-state index in [9.17, 15) is 4.39 Å². The molecule has 0 bridgehead atoms. The Morgan fingerprint density at radius 3 is 2.91 bits per heavy atom. The molecule has 0 saturated carbocycles. The van der Waals surface area contributed by atoms with Crippen LogP contribution < -0.4 is 0 Å². The third kappa shape index (κ3) is 1.89. The molecular formula is C7H4ClFN2. The molecule has 0 atom stereocenters. The van der Waals surface area contributed by atoms with Crippen LogP contribution in [0, 0.1) is 17.1 Å². The Hall–Kier alpha value is -1.14. The van der Waals surface area contributed by atoms with Crippen LogP contribution in [0.25, 0.3) is 0 Å². The van der Waals surface area contributed by atoms with Crippen molar-refractivity contribution in [3.8, 4) is 6.07 Å². The number of hydrogen-bond acceptors (Lipinski definition) is 2. The molecule has 0 aromatic carbocycles. The van der Waals surface area contributed by atoms with Crippen molar-refractivity contribution in [2.75, 3.05) is 0 Å². The molecule has 0 aliphatic carbocycles. The normalized spacial score (nSPS) is 9.18. The Labute approximate surface area is 68.2 Å². The largest absolute Gasteiger partial charge is 0.237 e. The van der Waals surface area contributed by atoms with Gasteiger partial charge in [0.2, 0.25) is 0 Å². The molecule has 11 heavy (non-hydrogen) atoms.